The van der Waals surface area contributed by atoms with E-state index in [4.69, 9.17) is 11.6 Å². The van der Waals surface area contributed by atoms with E-state index >= 15 is 0 Å². The quantitative estimate of drug-likeness (QED) is 0.806. The Hall–Kier alpha value is -0.530. The normalized spacial score (nSPS) is 16.7. The van der Waals surface area contributed by atoms with Gasteiger partial charge in [-0.25, -0.2) is 0 Å². The van der Waals surface area contributed by atoms with Crippen molar-refractivity contribution in [2.24, 2.45) is 0 Å². The van der Waals surface area contributed by atoms with E-state index in [0.29, 0.717) is 0 Å². The summed E-state index contributed by atoms with van der Waals surface area (Å²) in [5.41, 5.74) is 2.50. The third kappa shape index (κ3) is 2.28. The molecule has 1 aromatic carbocycles. The van der Waals surface area contributed by atoms with Crippen LogP contribution in [-0.2, 0) is 6.54 Å². The van der Waals surface area contributed by atoms with Crippen LogP contribution >= 0.6 is 11.6 Å². The van der Waals surface area contributed by atoms with E-state index < -0.39 is 0 Å². The standard InChI is InChI=1S/C12H16ClN/c1-9-5-6-12(13)10(7-9)8-14-11-3-2-4-11/h5-7,11,14H,2-4,8H2,1H3. The number of benzene rings is 1. The number of halogens is 1. The molecule has 76 valence electrons. The van der Waals surface area contributed by atoms with Crippen molar-refractivity contribution in [3.05, 3.63) is 34.3 Å². The second-order valence-corrected chi connectivity index (χ2v) is 4.51. The average molecular weight is 210 g/mol. The van der Waals surface area contributed by atoms with E-state index in [1.165, 1.54) is 30.4 Å². The molecule has 1 N–H and O–H groups in total. The van der Waals surface area contributed by atoms with Gasteiger partial charge in [0.25, 0.3) is 0 Å². The third-order valence-corrected chi connectivity index (χ3v) is 3.26. The SMILES string of the molecule is Cc1ccc(Cl)c(CNC2CCC2)c1. The maximum absolute atomic E-state index is 6.10. The number of rotatable bonds is 3. The molecule has 0 aromatic heterocycles. The lowest BCUT2D eigenvalue weighted by Gasteiger charge is -2.26. The van der Waals surface area contributed by atoms with Gasteiger partial charge in [0.2, 0.25) is 0 Å². The van der Waals surface area contributed by atoms with Crippen LogP contribution in [0.5, 0.6) is 0 Å². The van der Waals surface area contributed by atoms with Gasteiger partial charge in [-0.2, -0.15) is 0 Å². The molecule has 1 aliphatic rings. The van der Waals surface area contributed by atoms with Crippen molar-refractivity contribution in [2.75, 3.05) is 0 Å². The third-order valence-electron chi connectivity index (χ3n) is 2.89. The van der Waals surface area contributed by atoms with Crippen LogP contribution in [0.25, 0.3) is 0 Å². The summed E-state index contributed by atoms with van der Waals surface area (Å²) in [5.74, 6) is 0. The smallest absolute Gasteiger partial charge is 0.0451 e. The molecule has 0 aliphatic heterocycles. The Kier molecular flexibility index (Phi) is 3.09. The highest BCUT2D eigenvalue weighted by atomic mass is 35.5. The van der Waals surface area contributed by atoms with Crippen LogP contribution in [0, 0.1) is 6.92 Å². The van der Waals surface area contributed by atoms with Gasteiger partial charge in [-0.3, -0.25) is 0 Å². The molecule has 2 heteroatoms. The van der Waals surface area contributed by atoms with Gasteiger partial charge >= 0.3 is 0 Å². The summed E-state index contributed by atoms with van der Waals surface area (Å²) >= 11 is 6.10. The van der Waals surface area contributed by atoms with E-state index in [2.05, 4.69) is 24.4 Å². The van der Waals surface area contributed by atoms with Gasteiger partial charge in [-0.05, 0) is 31.4 Å². The zero-order valence-corrected chi connectivity index (χ0v) is 9.27. The Balaban J connectivity index is 1.96. The van der Waals surface area contributed by atoms with Crippen molar-refractivity contribution in [1.29, 1.82) is 0 Å². The van der Waals surface area contributed by atoms with Gasteiger partial charge in [0, 0.05) is 17.6 Å². The van der Waals surface area contributed by atoms with Crippen molar-refractivity contribution in [1.82, 2.24) is 5.32 Å². The van der Waals surface area contributed by atoms with Crippen LogP contribution < -0.4 is 5.32 Å². The van der Waals surface area contributed by atoms with Gasteiger partial charge in [0.05, 0.1) is 0 Å². The fourth-order valence-electron chi connectivity index (χ4n) is 1.71. The molecule has 1 saturated carbocycles. The van der Waals surface area contributed by atoms with Gasteiger partial charge in [-0.1, -0.05) is 35.7 Å². The minimum Gasteiger partial charge on any atom is -0.310 e. The maximum Gasteiger partial charge on any atom is 0.0451 e. The van der Waals surface area contributed by atoms with Gasteiger partial charge in [0.15, 0.2) is 0 Å². The van der Waals surface area contributed by atoms with Crippen LogP contribution in [0.3, 0.4) is 0 Å². The minimum absolute atomic E-state index is 0.728. The van der Waals surface area contributed by atoms with Gasteiger partial charge in [-0.15, -0.1) is 0 Å². The lowest BCUT2D eigenvalue weighted by molar-refractivity contribution is 0.338. The Bertz CT molecular complexity index is 318. The van der Waals surface area contributed by atoms with Crippen LogP contribution in [0.15, 0.2) is 18.2 Å². The van der Waals surface area contributed by atoms with E-state index in [-0.39, 0.29) is 0 Å². The fraction of sp³-hybridized carbons (Fsp3) is 0.500. The zero-order valence-electron chi connectivity index (χ0n) is 8.52. The molecule has 0 unspecified atom stereocenters. The first-order valence-electron chi connectivity index (χ1n) is 5.24. The van der Waals surface area contributed by atoms with Crippen molar-refractivity contribution in [2.45, 2.75) is 38.8 Å². The summed E-state index contributed by atoms with van der Waals surface area (Å²) in [6.45, 7) is 3.01. The molecule has 0 spiro atoms. The Morgan fingerprint density at radius 1 is 1.43 bits per heavy atom. The second kappa shape index (κ2) is 4.33. The van der Waals surface area contributed by atoms with Crippen molar-refractivity contribution < 1.29 is 0 Å². The second-order valence-electron chi connectivity index (χ2n) is 4.10. The summed E-state index contributed by atoms with van der Waals surface area (Å²) in [4.78, 5) is 0. The largest absolute Gasteiger partial charge is 0.310 e. The highest BCUT2D eigenvalue weighted by Crippen LogP contribution is 2.21. The topological polar surface area (TPSA) is 12.0 Å². The first-order chi connectivity index (χ1) is 6.75. The van der Waals surface area contributed by atoms with Crippen molar-refractivity contribution in [3.8, 4) is 0 Å². The van der Waals surface area contributed by atoms with Crippen LogP contribution in [0.1, 0.15) is 30.4 Å². The molecular formula is C12H16ClN. The van der Waals surface area contributed by atoms with E-state index in [1.807, 2.05) is 6.07 Å². The molecule has 0 amide bonds. The number of hydrogen-bond donors (Lipinski definition) is 1. The summed E-state index contributed by atoms with van der Waals surface area (Å²) < 4.78 is 0. The Morgan fingerprint density at radius 2 is 2.21 bits per heavy atom. The Labute approximate surface area is 90.5 Å². The van der Waals surface area contributed by atoms with Crippen molar-refractivity contribution >= 4 is 11.6 Å². The summed E-state index contributed by atoms with van der Waals surface area (Å²) in [5, 5.41) is 4.40. The predicted octanol–water partition coefficient (Wildman–Crippen LogP) is 3.29. The van der Waals surface area contributed by atoms with Crippen LogP contribution in [0.4, 0.5) is 0 Å². The summed E-state index contributed by atoms with van der Waals surface area (Å²) in [7, 11) is 0. The highest BCUT2D eigenvalue weighted by molar-refractivity contribution is 6.31. The monoisotopic (exact) mass is 209 g/mol. The van der Waals surface area contributed by atoms with Crippen molar-refractivity contribution in [3.63, 3.8) is 0 Å². The number of aryl methyl sites for hydroxylation is 1. The van der Waals surface area contributed by atoms with E-state index in [1.54, 1.807) is 0 Å². The van der Waals surface area contributed by atoms with Crippen LogP contribution in [0.2, 0.25) is 5.02 Å². The molecule has 0 bridgehead atoms. The van der Waals surface area contributed by atoms with Crippen LogP contribution in [-0.4, -0.2) is 6.04 Å². The van der Waals surface area contributed by atoms with Gasteiger partial charge in [0.1, 0.15) is 0 Å². The molecule has 1 aliphatic carbocycles. The molecule has 0 atom stereocenters. The van der Waals surface area contributed by atoms with E-state index in [9.17, 15) is 0 Å². The molecule has 0 radical (unpaired) electrons. The molecule has 0 heterocycles. The number of nitrogens with one attached hydrogen (secondary N) is 1. The lowest BCUT2D eigenvalue weighted by atomic mass is 9.93. The summed E-state index contributed by atoms with van der Waals surface area (Å²) in [6.07, 6.45) is 4.02. The maximum atomic E-state index is 6.10. The van der Waals surface area contributed by atoms with E-state index in [0.717, 1.165) is 17.6 Å². The zero-order chi connectivity index (χ0) is 9.97. The molecule has 0 saturated heterocycles. The molecule has 1 fully saturated rings. The molecule has 1 aromatic rings. The molecule has 14 heavy (non-hydrogen) atoms. The summed E-state index contributed by atoms with van der Waals surface area (Å²) in [6, 6.07) is 6.92. The lowest BCUT2D eigenvalue weighted by Crippen LogP contribution is -2.34. The fourth-order valence-corrected chi connectivity index (χ4v) is 1.89. The number of hydrogen-bond acceptors (Lipinski definition) is 1. The first kappa shape index (κ1) is 10.0. The predicted molar refractivity (Wildman–Crippen MR) is 60.7 cm³/mol. The highest BCUT2D eigenvalue weighted by Gasteiger charge is 2.16. The average Bonchev–Trinajstić information content (AvgIpc) is 2.08. The molecule has 1 nitrogen and oxygen atoms in total. The molecular weight excluding hydrogens is 194 g/mol. The molecule has 2 rings (SSSR count). The first-order valence-corrected chi connectivity index (χ1v) is 5.62. The minimum atomic E-state index is 0.728. The van der Waals surface area contributed by atoms with Gasteiger partial charge < -0.3 is 5.32 Å². The Morgan fingerprint density at radius 3 is 2.86 bits per heavy atom.